The summed E-state index contributed by atoms with van der Waals surface area (Å²) in [5, 5.41) is 10.5. The van der Waals surface area contributed by atoms with Crippen molar-refractivity contribution in [2.75, 3.05) is 50.0 Å². The number of amides is 1. The highest BCUT2D eigenvalue weighted by Crippen LogP contribution is 2.34. The summed E-state index contributed by atoms with van der Waals surface area (Å²) in [6.07, 6.45) is 7.72. The van der Waals surface area contributed by atoms with E-state index in [0.29, 0.717) is 36.8 Å². The molecule has 210 valence electrons. The third-order valence-electron chi connectivity index (χ3n) is 7.26. The van der Waals surface area contributed by atoms with Crippen LogP contribution in [0.15, 0.2) is 36.8 Å². The number of aryl methyl sites for hydroxylation is 1. The second-order valence-corrected chi connectivity index (χ2v) is 9.99. The number of carbonyl (C=O) groups excluding carboxylic acids is 1. The fourth-order valence-corrected chi connectivity index (χ4v) is 4.90. The lowest BCUT2D eigenvalue weighted by Gasteiger charge is -2.41. The Hall–Kier alpha value is -3.45. The van der Waals surface area contributed by atoms with Crippen molar-refractivity contribution >= 4 is 23.4 Å². The zero-order chi connectivity index (χ0) is 27.4. The van der Waals surface area contributed by atoms with Crippen LogP contribution in [0.5, 0.6) is 0 Å². The molecule has 0 atom stereocenters. The van der Waals surface area contributed by atoms with E-state index in [4.69, 9.17) is 4.74 Å². The van der Waals surface area contributed by atoms with Crippen molar-refractivity contribution in [1.82, 2.24) is 29.5 Å². The highest BCUT2D eigenvalue weighted by atomic mass is 19.4. The first-order valence-corrected chi connectivity index (χ1v) is 13.2. The first kappa shape index (κ1) is 27.1. The van der Waals surface area contributed by atoms with Gasteiger partial charge in [0.2, 0.25) is 11.9 Å². The fraction of sp³-hybridized carbons (Fsp3) is 0.538. The Balaban J connectivity index is 1.21. The standard InChI is InChI=1S/C26H33F3N8O2/c1-18-22(15-37(34-18)19-7-12-35(13-8-19)20-16-39-17-20)32-25-31-14-21(26(27,28)29)24(33-25)30-9-5-11-36-10-4-2-3-6-23(36)38/h2-4,10,14-15,19-20H,5-9,11-13,16-17H2,1H3,(H2,30,31,32,33). The van der Waals surface area contributed by atoms with Gasteiger partial charge in [-0.2, -0.15) is 23.3 Å². The molecule has 2 saturated heterocycles. The highest BCUT2D eigenvalue weighted by Gasteiger charge is 2.35. The molecule has 2 aromatic heterocycles. The number of carbonyl (C=O) groups is 1. The minimum absolute atomic E-state index is 0.0460. The number of piperidine rings is 1. The summed E-state index contributed by atoms with van der Waals surface area (Å²) in [6.45, 7) is 6.00. The van der Waals surface area contributed by atoms with Crippen LogP contribution in [0.25, 0.3) is 0 Å². The van der Waals surface area contributed by atoms with Crippen LogP contribution in [-0.4, -0.2) is 80.9 Å². The van der Waals surface area contributed by atoms with E-state index in [1.54, 1.807) is 29.3 Å². The van der Waals surface area contributed by atoms with Crippen molar-refractivity contribution in [3.8, 4) is 0 Å². The Morgan fingerprint density at radius 3 is 2.67 bits per heavy atom. The van der Waals surface area contributed by atoms with E-state index < -0.39 is 11.7 Å². The molecule has 3 aliphatic rings. The van der Waals surface area contributed by atoms with Gasteiger partial charge in [-0.3, -0.25) is 14.4 Å². The van der Waals surface area contributed by atoms with Gasteiger partial charge < -0.3 is 20.3 Å². The molecule has 0 radical (unpaired) electrons. The van der Waals surface area contributed by atoms with Gasteiger partial charge in [-0.25, -0.2) is 4.98 Å². The molecule has 2 aromatic rings. The molecule has 0 aliphatic carbocycles. The Labute approximate surface area is 224 Å². The molecule has 5 rings (SSSR count). The Morgan fingerprint density at radius 1 is 1.15 bits per heavy atom. The SMILES string of the molecule is Cc1nn(C2CCN(C3COC3)CC2)cc1Nc1ncc(C(F)(F)F)c(NCCCN2C=CC=CCC2=O)n1. The number of anilines is 3. The molecular formula is C26H33F3N8O2. The van der Waals surface area contributed by atoms with Crippen molar-refractivity contribution in [3.05, 3.63) is 48.1 Å². The van der Waals surface area contributed by atoms with E-state index in [0.717, 1.165) is 45.3 Å². The van der Waals surface area contributed by atoms with Crippen molar-refractivity contribution in [1.29, 1.82) is 0 Å². The van der Waals surface area contributed by atoms with Crippen LogP contribution < -0.4 is 10.6 Å². The Kier molecular flexibility index (Phi) is 8.17. The number of allylic oxidation sites excluding steroid dienone is 2. The third kappa shape index (κ3) is 6.59. The normalized spacial score (nSPS) is 19.3. The lowest BCUT2D eigenvalue weighted by Crippen LogP contribution is -2.51. The monoisotopic (exact) mass is 546 g/mol. The summed E-state index contributed by atoms with van der Waals surface area (Å²) >= 11 is 0. The quantitative estimate of drug-likeness (QED) is 0.457. The first-order chi connectivity index (χ1) is 18.8. The fourth-order valence-electron chi connectivity index (χ4n) is 4.90. The second-order valence-electron chi connectivity index (χ2n) is 9.99. The van der Waals surface area contributed by atoms with Crippen molar-refractivity contribution in [2.45, 2.75) is 50.9 Å². The van der Waals surface area contributed by atoms with Crippen LogP contribution in [0, 0.1) is 6.92 Å². The molecule has 0 bridgehead atoms. The number of halogens is 3. The van der Waals surface area contributed by atoms with Crippen LogP contribution in [0.4, 0.5) is 30.6 Å². The molecule has 5 heterocycles. The number of aromatic nitrogens is 4. The van der Waals surface area contributed by atoms with Crippen LogP contribution in [0.1, 0.15) is 43.0 Å². The van der Waals surface area contributed by atoms with Crippen LogP contribution in [0.2, 0.25) is 0 Å². The molecule has 2 N–H and O–H groups in total. The van der Waals surface area contributed by atoms with E-state index in [-0.39, 0.29) is 30.3 Å². The summed E-state index contributed by atoms with van der Waals surface area (Å²) in [5.41, 5.74) is 0.419. The second kappa shape index (κ2) is 11.7. The first-order valence-electron chi connectivity index (χ1n) is 13.2. The number of likely N-dealkylation sites (tertiary alicyclic amines) is 1. The minimum atomic E-state index is -4.61. The summed E-state index contributed by atoms with van der Waals surface area (Å²) in [4.78, 5) is 24.2. The zero-order valence-corrected chi connectivity index (χ0v) is 21.8. The zero-order valence-electron chi connectivity index (χ0n) is 21.8. The summed E-state index contributed by atoms with van der Waals surface area (Å²) in [7, 11) is 0. The van der Waals surface area contributed by atoms with Crippen molar-refractivity contribution < 1.29 is 22.7 Å². The number of nitrogens with one attached hydrogen (secondary N) is 2. The summed E-state index contributed by atoms with van der Waals surface area (Å²) in [5.74, 6) is -0.319. The maximum atomic E-state index is 13.6. The smallest absolute Gasteiger partial charge is 0.378 e. The van der Waals surface area contributed by atoms with Gasteiger partial charge in [-0.15, -0.1) is 0 Å². The maximum Gasteiger partial charge on any atom is 0.421 e. The predicted molar refractivity (Wildman–Crippen MR) is 139 cm³/mol. The molecule has 0 saturated carbocycles. The van der Waals surface area contributed by atoms with E-state index >= 15 is 0 Å². The molecule has 3 aliphatic heterocycles. The Bertz CT molecular complexity index is 1220. The topological polar surface area (TPSA) is 100 Å². The Morgan fingerprint density at radius 2 is 1.95 bits per heavy atom. The number of rotatable bonds is 9. The van der Waals surface area contributed by atoms with Gasteiger partial charge in [0.25, 0.3) is 0 Å². The molecule has 2 fully saturated rings. The highest BCUT2D eigenvalue weighted by molar-refractivity contribution is 5.79. The van der Waals surface area contributed by atoms with Crippen LogP contribution in [0.3, 0.4) is 0 Å². The third-order valence-corrected chi connectivity index (χ3v) is 7.26. The number of nitrogens with zero attached hydrogens (tertiary/aromatic N) is 6. The number of ether oxygens (including phenoxy) is 1. The maximum absolute atomic E-state index is 13.6. The van der Waals surface area contributed by atoms with Gasteiger partial charge in [0, 0.05) is 51.2 Å². The summed E-state index contributed by atoms with van der Waals surface area (Å²) in [6, 6.07) is 0.775. The summed E-state index contributed by atoms with van der Waals surface area (Å²) < 4.78 is 48.2. The average Bonchev–Trinajstić information content (AvgIpc) is 3.10. The van der Waals surface area contributed by atoms with E-state index in [2.05, 4.69) is 30.6 Å². The molecule has 39 heavy (non-hydrogen) atoms. The van der Waals surface area contributed by atoms with Crippen LogP contribution >= 0.6 is 0 Å². The number of hydrogen-bond acceptors (Lipinski definition) is 8. The van der Waals surface area contributed by atoms with Gasteiger partial charge in [0.05, 0.1) is 36.7 Å². The van der Waals surface area contributed by atoms with Gasteiger partial charge >= 0.3 is 6.18 Å². The molecule has 0 spiro atoms. The molecule has 0 unspecified atom stereocenters. The average molecular weight is 547 g/mol. The lowest BCUT2D eigenvalue weighted by atomic mass is 10.0. The van der Waals surface area contributed by atoms with Gasteiger partial charge in [0.15, 0.2) is 0 Å². The van der Waals surface area contributed by atoms with Gasteiger partial charge in [-0.05, 0) is 32.3 Å². The molecular weight excluding hydrogens is 513 g/mol. The number of hydrogen-bond donors (Lipinski definition) is 2. The largest absolute Gasteiger partial charge is 0.421 e. The van der Waals surface area contributed by atoms with Gasteiger partial charge in [0.1, 0.15) is 11.4 Å². The molecule has 1 amide bonds. The predicted octanol–water partition coefficient (Wildman–Crippen LogP) is 3.88. The minimum Gasteiger partial charge on any atom is -0.378 e. The molecule has 13 heteroatoms. The van der Waals surface area contributed by atoms with E-state index in [9.17, 15) is 18.0 Å². The van der Waals surface area contributed by atoms with Gasteiger partial charge in [-0.1, -0.05) is 12.2 Å². The molecule has 0 aromatic carbocycles. The number of alkyl halides is 3. The van der Waals surface area contributed by atoms with Crippen molar-refractivity contribution in [2.24, 2.45) is 0 Å². The van der Waals surface area contributed by atoms with Crippen molar-refractivity contribution in [3.63, 3.8) is 0 Å². The lowest BCUT2D eigenvalue weighted by molar-refractivity contribution is -0.137. The molecule has 10 nitrogen and oxygen atoms in total. The van der Waals surface area contributed by atoms with E-state index in [1.165, 1.54) is 0 Å². The van der Waals surface area contributed by atoms with Crippen LogP contribution in [-0.2, 0) is 15.7 Å². The van der Waals surface area contributed by atoms with E-state index in [1.807, 2.05) is 17.8 Å².